The zero-order valence-electron chi connectivity index (χ0n) is 15.4. The number of aryl methyl sites for hydroxylation is 1. The summed E-state index contributed by atoms with van der Waals surface area (Å²) in [6.45, 7) is 4.64. The molecule has 0 saturated carbocycles. The van der Waals surface area contributed by atoms with Crippen LogP contribution in [0.1, 0.15) is 16.1 Å². The number of aromatic nitrogens is 3. The first kappa shape index (κ1) is 17.2. The van der Waals surface area contributed by atoms with Crippen LogP contribution in [-0.4, -0.2) is 59.0 Å². The molecule has 2 aromatic heterocycles. The van der Waals surface area contributed by atoms with Crippen molar-refractivity contribution in [2.75, 3.05) is 38.2 Å². The third kappa shape index (κ3) is 3.40. The summed E-state index contributed by atoms with van der Waals surface area (Å²) in [6.07, 6.45) is 5.10. The first-order valence-corrected chi connectivity index (χ1v) is 8.91. The van der Waals surface area contributed by atoms with Crippen LogP contribution in [0.15, 0.2) is 42.9 Å². The molecule has 7 heteroatoms. The van der Waals surface area contributed by atoms with E-state index in [4.69, 9.17) is 4.74 Å². The second-order valence-corrected chi connectivity index (χ2v) is 6.52. The van der Waals surface area contributed by atoms with E-state index in [0.29, 0.717) is 18.7 Å². The largest absolute Gasteiger partial charge is 0.497 e. The maximum atomic E-state index is 13.1. The normalized spacial score (nSPS) is 14.4. The minimum Gasteiger partial charge on any atom is -0.497 e. The van der Waals surface area contributed by atoms with Gasteiger partial charge >= 0.3 is 0 Å². The summed E-state index contributed by atoms with van der Waals surface area (Å²) in [5.41, 5.74) is 2.25. The van der Waals surface area contributed by atoms with Crippen LogP contribution in [0.5, 0.6) is 5.75 Å². The number of methoxy groups -OCH3 is 1. The Kier molecular flexibility index (Phi) is 4.58. The number of pyridine rings is 1. The van der Waals surface area contributed by atoms with Crippen LogP contribution < -0.4 is 9.64 Å². The number of nitrogens with zero attached hydrogens (tertiary/aromatic N) is 5. The van der Waals surface area contributed by atoms with Crippen molar-refractivity contribution >= 4 is 22.6 Å². The molecule has 0 N–H and O–H groups in total. The van der Waals surface area contributed by atoms with Gasteiger partial charge in [-0.15, -0.1) is 0 Å². The van der Waals surface area contributed by atoms with Gasteiger partial charge in [-0.2, -0.15) is 0 Å². The standard InChI is InChI=1S/C20H21N5O2/c1-14-17(12-15-11-16(27-2)3-4-18(15)23-14)20(26)25-9-7-24(8-10-25)19-13-21-5-6-22-19/h3-6,11-13H,7-10H2,1-2H3. The summed E-state index contributed by atoms with van der Waals surface area (Å²) in [5, 5.41) is 0.904. The van der Waals surface area contributed by atoms with Crippen molar-refractivity contribution in [1.29, 1.82) is 0 Å². The molecule has 7 nitrogen and oxygen atoms in total. The minimum atomic E-state index is 0.0171. The van der Waals surface area contributed by atoms with E-state index in [1.165, 1.54) is 0 Å². The smallest absolute Gasteiger partial charge is 0.255 e. The molecule has 1 aliphatic heterocycles. The maximum Gasteiger partial charge on any atom is 0.255 e. The topological polar surface area (TPSA) is 71.5 Å². The van der Waals surface area contributed by atoms with E-state index in [1.807, 2.05) is 36.1 Å². The molecule has 3 aromatic rings. The fourth-order valence-electron chi connectivity index (χ4n) is 3.36. The van der Waals surface area contributed by atoms with Crippen LogP contribution in [0, 0.1) is 6.92 Å². The molecule has 0 spiro atoms. The number of amides is 1. The van der Waals surface area contributed by atoms with E-state index in [-0.39, 0.29) is 5.91 Å². The number of hydrogen-bond donors (Lipinski definition) is 0. The number of ether oxygens (including phenoxy) is 1. The molecule has 0 radical (unpaired) electrons. The van der Waals surface area contributed by atoms with Crippen LogP contribution in [0.25, 0.3) is 10.9 Å². The Morgan fingerprint density at radius 2 is 1.93 bits per heavy atom. The molecule has 1 aromatic carbocycles. The van der Waals surface area contributed by atoms with Gasteiger partial charge in [0, 0.05) is 44.0 Å². The van der Waals surface area contributed by atoms with Crippen molar-refractivity contribution in [2.24, 2.45) is 0 Å². The number of piperazine rings is 1. The lowest BCUT2D eigenvalue weighted by molar-refractivity contribution is 0.0745. The van der Waals surface area contributed by atoms with E-state index < -0.39 is 0 Å². The molecule has 3 heterocycles. The number of anilines is 1. The van der Waals surface area contributed by atoms with E-state index in [9.17, 15) is 4.79 Å². The van der Waals surface area contributed by atoms with Gasteiger partial charge in [0.05, 0.1) is 30.1 Å². The Morgan fingerprint density at radius 1 is 1.11 bits per heavy atom. The summed E-state index contributed by atoms with van der Waals surface area (Å²) in [4.78, 5) is 30.1. The molecule has 4 rings (SSSR count). The second-order valence-electron chi connectivity index (χ2n) is 6.52. The third-order valence-electron chi connectivity index (χ3n) is 4.88. The van der Waals surface area contributed by atoms with E-state index in [1.54, 1.807) is 25.7 Å². The molecule has 0 bridgehead atoms. The van der Waals surface area contributed by atoms with E-state index in [0.717, 1.165) is 41.3 Å². The summed E-state index contributed by atoms with van der Waals surface area (Å²) < 4.78 is 5.28. The molecule has 27 heavy (non-hydrogen) atoms. The first-order chi connectivity index (χ1) is 13.2. The minimum absolute atomic E-state index is 0.0171. The van der Waals surface area contributed by atoms with Crippen LogP contribution in [0.2, 0.25) is 0 Å². The molecule has 138 valence electrons. The second kappa shape index (κ2) is 7.19. The van der Waals surface area contributed by atoms with Gasteiger partial charge in [-0.05, 0) is 31.2 Å². The summed E-state index contributed by atoms with van der Waals surface area (Å²) >= 11 is 0. The molecule has 0 atom stereocenters. The lowest BCUT2D eigenvalue weighted by Gasteiger charge is -2.35. The summed E-state index contributed by atoms with van der Waals surface area (Å²) in [5.74, 6) is 1.62. The molecular weight excluding hydrogens is 342 g/mol. The van der Waals surface area contributed by atoms with Crippen molar-refractivity contribution in [1.82, 2.24) is 19.9 Å². The molecule has 1 saturated heterocycles. The van der Waals surface area contributed by atoms with E-state index >= 15 is 0 Å². The van der Waals surface area contributed by atoms with E-state index in [2.05, 4.69) is 19.9 Å². The molecular formula is C20H21N5O2. The van der Waals surface area contributed by atoms with Gasteiger partial charge in [0.25, 0.3) is 5.91 Å². The average Bonchev–Trinajstić information content (AvgIpc) is 2.73. The fraction of sp³-hybridized carbons (Fsp3) is 0.300. The quantitative estimate of drug-likeness (QED) is 0.711. The fourth-order valence-corrected chi connectivity index (χ4v) is 3.36. The first-order valence-electron chi connectivity index (χ1n) is 8.91. The summed E-state index contributed by atoms with van der Waals surface area (Å²) in [7, 11) is 1.63. The number of fused-ring (bicyclic) bond motifs is 1. The number of carbonyl (C=O) groups excluding carboxylic acids is 1. The van der Waals surface area contributed by atoms with Crippen LogP contribution >= 0.6 is 0 Å². The predicted molar refractivity (Wildman–Crippen MR) is 103 cm³/mol. The Morgan fingerprint density at radius 3 is 2.63 bits per heavy atom. The van der Waals surface area contributed by atoms with Gasteiger partial charge < -0.3 is 14.5 Å². The monoisotopic (exact) mass is 363 g/mol. The Balaban J connectivity index is 1.53. The number of rotatable bonds is 3. The Hall–Kier alpha value is -3.22. The lowest BCUT2D eigenvalue weighted by atomic mass is 10.1. The lowest BCUT2D eigenvalue weighted by Crippen LogP contribution is -2.49. The van der Waals surface area contributed by atoms with Crippen molar-refractivity contribution in [2.45, 2.75) is 6.92 Å². The van der Waals surface area contributed by atoms with Crippen molar-refractivity contribution in [3.05, 3.63) is 54.1 Å². The number of hydrogen-bond acceptors (Lipinski definition) is 6. The van der Waals surface area contributed by atoms with Gasteiger partial charge in [0.15, 0.2) is 0 Å². The Bertz CT molecular complexity index is 969. The number of benzene rings is 1. The number of carbonyl (C=O) groups is 1. The molecule has 0 unspecified atom stereocenters. The van der Waals surface area contributed by atoms with Crippen molar-refractivity contribution in [3.63, 3.8) is 0 Å². The molecule has 1 aliphatic rings. The van der Waals surface area contributed by atoms with Gasteiger partial charge in [-0.3, -0.25) is 14.8 Å². The van der Waals surface area contributed by atoms with Gasteiger partial charge in [-0.25, -0.2) is 4.98 Å². The maximum absolute atomic E-state index is 13.1. The zero-order chi connectivity index (χ0) is 18.8. The van der Waals surface area contributed by atoms with Gasteiger partial charge in [-0.1, -0.05) is 0 Å². The third-order valence-corrected chi connectivity index (χ3v) is 4.88. The van der Waals surface area contributed by atoms with Crippen molar-refractivity contribution < 1.29 is 9.53 Å². The van der Waals surface area contributed by atoms with Crippen LogP contribution in [-0.2, 0) is 0 Å². The van der Waals surface area contributed by atoms with Crippen molar-refractivity contribution in [3.8, 4) is 5.75 Å². The van der Waals surface area contributed by atoms with Crippen LogP contribution in [0.3, 0.4) is 0 Å². The SMILES string of the molecule is COc1ccc2nc(C)c(C(=O)N3CCN(c4cnccn4)CC3)cc2c1. The predicted octanol–water partition coefficient (Wildman–Crippen LogP) is 2.30. The highest BCUT2D eigenvalue weighted by atomic mass is 16.5. The van der Waals surface area contributed by atoms with Crippen LogP contribution in [0.4, 0.5) is 5.82 Å². The van der Waals surface area contributed by atoms with Gasteiger partial charge in [0.1, 0.15) is 11.6 Å². The average molecular weight is 363 g/mol. The molecule has 1 amide bonds. The molecule has 0 aliphatic carbocycles. The Labute approximate surface area is 157 Å². The highest BCUT2D eigenvalue weighted by Crippen LogP contribution is 2.23. The molecule has 1 fully saturated rings. The summed E-state index contributed by atoms with van der Waals surface area (Å²) in [6, 6.07) is 7.61. The highest BCUT2D eigenvalue weighted by Gasteiger charge is 2.24. The van der Waals surface area contributed by atoms with Gasteiger partial charge in [0.2, 0.25) is 0 Å². The highest BCUT2D eigenvalue weighted by molar-refractivity contribution is 5.99. The zero-order valence-corrected chi connectivity index (χ0v) is 15.4.